The molecule has 0 aliphatic carbocycles. The Bertz CT molecular complexity index is 413. The van der Waals surface area contributed by atoms with Crippen molar-refractivity contribution >= 4 is 27.3 Å². The highest BCUT2D eigenvalue weighted by Crippen LogP contribution is 2.29. The van der Waals surface area contributed by atoms with Crippen LogP contribution in [0.3, 0.4) is 0 Å². The van der Waals surface area contributed by atoms with Crippen molar-refractivity contribution in [2.45, 2.75) is 25.0 Å². The van der Waals surface area contributed by atoms with Crippen LogP contribution in [0.25, 0.3) is 0 Å². The molecule has 0 amide bonds. The Morgan fingerprint density at radius 2 is 2.41 bits per heavy atom. The molecule has 2 unspecified atom stereocenters. The van der Waals surface area contributed by atoms with Crippen molar-refractivity contribution in [3.8, 4) is 0 Å². The number of hydrogen-bond acceptors (Lipinski definition) is 4. The van der Waals surface area contributed by atoms with E-state index >= 15 is 0 Å². The van der Waals surface area contributed by atoms with Gasteiger partial charge in [0.2, 0.25) is 0 Å². The normalized spacial score (nSPS) is 28.3. The number of benzene rings is 1. The van der Waals surface area contributed by atoms with Crippen molar-refractivity contribution in [2.24, 2.45) is 0 Å². The molecule has 0 saturated carbocycles. The van der Waals surface area contributed by atoms with Gasteiger partial charge in [0.05, 0.1) is 6.10 Å². The molecule has 2 rings (SSSR count). The van der Waals surface area contributed by atoms with Gasteiger partial charge in [-0.1, -0.05) is 0 Å². The third-order valence-corrected chi connectivity index (χ3v) is 3.89. The average molecular weight is 301 g/mol. The standard InChI is InChI=1S/C12H17BrN2O2/c1-8-12(16,4-5-17-8)7-15-11-3-2-9(14)6-10(11)13/h2-3,6,8,15-16H,4-5,7,14H2,1H3. The van der Waals surface area contributed by atoms with E-state index < -0.39 is 5.60 Å². The topological polar surface area (TPSA) is 67.5 Å². The molecular weight excluding hydrogens is 284 g/mol. The second kappa shape index (κ2) is 4.84. The fraction of sp³-hybridized carbons (Fsp3) is 0.500. The number of anilines is 2. The Balaban J connectivity index is 2.02. The van der Waals surface area contributed by atoms with Gasteiger partial charge in [0.1, 0.15) is 5.60 Å². The molecule has 1 heterocycles. The van der Waals surface area contributed by atoms with Crippen LogP contribution >= 0.6 is 15.9 Å². The van der Waals surface area contributed by atoms with E-state index in [0.29, 0.717) is 25.3 Å². The molecule has 4 nitrogen and oxygen atoms in total. The lowest BCUT2D eigenvalue weighted by Crippen LogP contribution is -2.43. The van der Waals surface area contributed by atoms with Gasteiger partial charge in [-0.05, 0) is 41.1 Å². The fourth-order valence-corrected chi connectivity index (χ4v) is 2.46. The number of rotatable bonds is 3. The van der Waals surface area contributed by atoms with Gasteiger partial charge < -0.3 is 20.9 Å². The van der Waals surface area contributed by atoms with Crippen LogP contribution in [-0.2, 0) is 4.74 Å². The van der Waals surface area contributed by atoms with Crippen LogP contribution in [0.15, 0.2) is 22.7 Å². The summed E-state index contributed by atoms with van der Waals surface area (Å²) in [6.45, 7) is 2.98. The van der Waals surface area contributed by atoms with E-state index in [0.717, 1.165) is 10.2 Å². The lowest BCUT2D eigenvalue weighted by atomic mass is 9.96. The summed E-state index contributed by atoms with van der Waals surface area (Å²) in [4.78, 5) is 0. The Labute approximate surface area is 109 Å². The Morgan fingerprint density at radius 3 is 3.00 bits per heavy atom. The molecule has 1 aliphatic rings. The largest absolute Gasteiger partial charge is 0.399 e. The van der Waals surface area contributed by atoms with E-state index in [2.05, 4.69) is 21.2 Å². The second-order valence-electron chi connectivity index (χ2n) is 4.46. The summed E-state index contributed by atoms with van der Waals surface area (Å²) < 4.78 is 6.28. The number of halogens is 1. The van der Waals surface area contributed by atoms with Crippen molar-refractivity contribution < 1.29 is 9.84 Å². The van der Waals surface area contributed by atoms with E-state index in [1.165, 1.54) is 0 Å². The minimum Gasteiger partial charge on any atom is -0.399 e. The Kier molecular flexibility index (Phi) is 3.61. The van der Waals surface area contributed by atoms with Gasteiger partial charge in [-0.15, -0.1) is 0 Å². The lowest BCUT2D eigenvalue weighted by molar-refractivity contribution is -0.0176. The molecule has 0 spiro atoms. The maximum Gasteiger partial charge on any atom is 0.110 e. The first-order valence-electron chi connectivity index (χ1n) is 5.64. The van der Waals surface area contributed by atoms with Crippen LogP contribution in [0.4, 0.5) is 11.4 Å². The Hall–Kier alpha value is -0.780. The summed E-state index contributed by atoms with van der Waals surface area (Å²) in [6, 6.07) is 5.55. The van der Waals surface area contributed by atoms with E-state index in [1.807, 2.05) is 25.1 Å². The molecule has 2 atom stereocenters. The first-order valence-corrected chi connectivity index (χ1v) is 6.43. The molecule has 1 aliphatic heterocycles. The third-order valence-electron chi connectivity index (χ3n) is 3.24. The molecule has 1 saturated heterocycles. The van der Waals surface area contributed by atoms with Crippen molar-refractivity contribution in [3.05, 3.63) is 22.7 Å². The highest BCUT2D eigenvalue weighted by atomic mass is 79.9. The molecule has 0 bridgehead atoms. The van der Waals surface area contributed by atoms with E-state index in [1.54, 1.807) is 0 Å². The summed E-state index contributed by atoms with van der Waals surface area (Å²) in [5, 5.41) is 13.6. The predicted octanol–water partition coefficient (Wildman–Crippen LogP) is 1.98. The smallest absolute Gasteiger partial charge is 0.110 e. The summed E-state index contributed by atoms with van der Waals surface area (Å²) in [5.41, 5.74) is 6.51. The molecule has 4 N–H and O–H groups in total. The van der Waals surface area contributed by atoms with Gasteiger partial charge in [-0.3, -0.25) is 0 Å². The van der Waals surface area contributed by atoms with Crippen LogP contribution < -0.4 is 11.1 Å². The highest BCUT2D eigenvalue weighted by molar-refractivity contribution is 9.10. The molecule has 1 aromatic carbocycles. The minimum atomic E-state index is -0.791. The van der Waals surface area contributed by atoms with Crippen LogP contribution in [0.1, 0.15) is 13.3 Å². The van der Waals surface area contributed by atoms with E-state index in [4.69, 9.17) is 10.5 Å². The van der Waals surface area contributed by atoms with Gasteiger partial charge >= 0.3 is 0 Å². The fourth-order valence-electron chi connectivity index (χ4n) is 1.93. The van der Waals surface area contributed by atoms with E-state index in [9.17, 15) is 5.11 Å². The van der Waals surface area contributed by atoms with Gasteiger partial charge in [-0.25, -0.2) is 0 Å². The van der Waals surface area contributed by atoms with Crippen molar-refractivity contribution in [3.63, 3.8) is 0 Å². The van der Waals surface area contributed by atoms with Gasteiger partial charge in [0.15, 0.2) is 0 Å². The van der Waals surface area contributed by atoms with Crippen molar-refractivity contribution in [1.29, 1.82) is 0 Å². The van der Waals surface area contributed by atoms with Crippen LogP contribution in [0.5, 0.6) is 0 Å². The number of hydrogen-bond donors (Lipinski definition) is 3. The van der Waals surface area contributed by atoms with Gasteiger partial charge in [-0.2, -0.15) is 0 Å². The maximum atomic E-state index is 10.3. The zero-order chi connectivity index (χ0) is 12.5. The quantitative estimate of drug-likeness (QED) is 0.747. The number of ether oxygens (including phenoxy) is 1. The summed E-state index contributed by atoms with van der Waals surface area (Å²) in [5.74, 6) is 0. The minimum absolute atomic E-state index is 0.137. The van der Waals surface area contributed by atoms with Gasteiger partial charge in [0, 0.05) is 35.4 Å². The zero-order valence-electron chi connectivity index (χ0n) is 9.74. The molecule has 5 heteroatoms. The summed E-state index contributed by atoms with van der Waals surface area (Å²) >= 11 is 3.43. The number of aliphatic hydroxyl groups is 1. The SMILES string of the molecule is CC1OCCC1(O)CNc1ccc(N)cc1Br. The number of nitrogens with two attached hydrogens (primary N) is 1. The summed E-state index contributed by atoms with van der Waals surface area (Å²) in [7, 11) is 0. The average Bonchev–Trinajstić information content (AvgIpc) is 2.59. The van der Waals surface area contributed by atoms with E-state index in [-0.39, 0.29) is 6.10 Å². The molecule has 94 valence electrons. The first kappa shape index (κ1) is 12.7. The third kappa shape index (κ3) is 2.73. The van der Waals surface area contributed by atoms with Crippen molar-refractivity contribution in [2.75, 3.05) is 24.2 Å². The number of nitrogen functional groups attached to an aromatic ring is 1. The second-order valence-corrected chi connectivity index (χ2v) is 5.31. The highest BCUT2D eigenvalue weighted by Gasteiger charge is 2.39. The monoisotopic (exact) mass is 300 g/mol. The molecule has 0 aromatic heterocycles. The maximum absolute atomic E-state index is 10.3. The Morgan fingerprint density at radius 1 is 1.65 bits per heavy atom. The van der Waals surface area contributed by atoms with Crippen molar-refractivity contribution in [1.82, 2.24) is 0 Å². The molecule has 0 radical (unpaired) electrons. The lowest BCUT2D eigenvalue weighted by Gasteiger charge is -2.27. The van der Waals surface area contributed by atoms with Crippen LogP contribution in [0.2, 0.25) is 0 Å². The van der Waals surface area contributed by atoms with Crippen LogP contribution in [-0.4, -0.2) is 30.0 Å². The van der Waals surface area contributed by atoms with Gasteiger partial charge in [0.25, 0.3) is 0 Å². The molecular formula is C12H17BrN2O2. The molecule has 1 aromatic rings. The zero-order valence-corrected chi connectivity index (χ0v) is 11.3. The molecule has 17 heavy (non-hydrogen) atoms. The first-order chi connectivity index (χ1) is 8.01. The number of nitrogens with one attached hydrogen (secondary N) is 1. The summed E-state index contributed by atoms with van der Waals surface area (Å²) in [6.07, 6.45) is 0.524. The molecule has 1 fully saturated rings. The van der Waals surface area contributed by atoms with Crippen LogP contribution in [0, 0.1) is 0 Å². The predicted molar refractivity (Wildman–Crippen MR) is 72.0 cm³/mol.